The van der Waals surface area contributed by atoms with Crippen LogP contribution in [0.1, 0.15) is 0 Å². The molecule has 0 aliphatic carbocycles. The van der Waals surface area contributed by atoms with Crippen LogP contribution in [0.2, 0.25) is 0 Å². The van der Waals surface area contributed by atoms with Crippen molar-refractivity contribution in [3.8, 4) is 11.5 Å². The smallest absolute Gasteiger partial charge is 1.00 e. The summed E-state index contributed by atoms with van der Waals surface area (Å²) in [6, 6.07) is 14.1. The van der Waals surface area contributed by atoms with Crippen molar-refractivity contribution >= 4 is 24.1 Å². The number of phenols is 2. The monoisotopic (exact) mass is 472 g/mol. The van der Waals surface area contributed by atoms with Gasteiger partial charge in [-0.15, -0.1) is 0 Å². The molecule has 2 N–H and O–H groups in total. The Labute approximate surface area is 176 Å². The van der Waals surface area contributed by atoms with Gasteiger partial charge in [-0.2, -0.15) is 0 Å². The second kappa shape index (κ2) is 17.0. The third-order valence-corrected chi connectivity index (χ3v) is 3.46. The molecule has 0 aliphatic heterocycles. The van der Waals surface area contributed by atoms with Crippen molar-refractivity contribution < 1.29 is 69.6 Å². The Morgan fingerprint density at radius 1 is 0.696 bits per heavy atom. The Kier molecular flexibility index (Phi) is 20.6. The largest absolute Gasteiger partial charge is 2.00 e. The van der Waals surface area contributed by atoms with Crippen LogP contribution in [0, 0.1) is 0 Å². The van der Waals surface area contributed by atoms with Crippen molar-refractivity contribution in [2.75, 3.05) is 14.2 Å². The Morgan fingerprint density at radius 3 is 1.26 bits per heavy atom. The number of para-hydroxylation sites is 2. The Balaban J connectivity index is -0.000000308. The molecule has 2 rings (SSSR count). The van der Waals surface area contributed by atoms with E-state index in [1.807, 2.05) is 12.1 Å². The number of hydrogen-bond acceptors (Lipinski definition) is 6. The molecule has 0 radical (unpaired) electrons. The third-order valence-electron chi connectivity index (χ3n) is 2.08. The van der Waals surface area contributed by atoms with E-state index in [9.17, 15) is 0 Å². The van der Waals surface area contributed by atoms with Crippen LogP contribution in [0.3, 0.4) is 0 Å². The van der Waals surface area contributed by atoms with Gasteiger partial charge < -0.3 is 43.4 Å². The summed E-state index contributed by atoms with van der Waals surface area (Å²) in [6.07, 6.45) is 0. The van der Waals surface area contributed by atoms with Crippen LogP contribution in [-0.4, -0.2) is 24.4 Å². The van der Waals surface area contributed by atoms with Gasteiger partial charge in [-0.1, -0.05) is 24.3 Å². The topological polar surface area (TPSA) is 58.9 Å². The van der Waals surface area contributed by atoms with E-state index >= 15 is 0 Å². The van der Waals surface area contributed by atoms with Crippen LogP contribution in [0.15, 0.2) is 58.3 Å². The van der Waals surface area contributed by atoms with Gasteiger partial charge >= 0.3 is 26.2 Å². The fourth-order valence-corrected chi connectivity index (χ4v) is 2.17. The molecule has 0 bridgehead atoms. The van der Waals surface area contributed by atoms with Crippen molar-refractivity contribution in [3.63, 3.8) is 0 Å². The molecule has 0 atom stereocenters. The molecule has 0 saturated carbocycles. The summed E-state index contributed by atoms with van der Waals surface area (Å²) in [7, 11) is 3.13. The molecule has 0 aliphatic rings. The molecule has 0 unspecified atom stereocenters. The first-order chi connectivity index (χ1) is 9.69. The summed E-state index contributed by atoms with van der Waals surface area (Å²) in [6.45, 7) is 0. The third kappa shape index (κ3) is 11.3. The Morgan fingerprint density at radius 2 is 1.00 bits per heavy atom. The molecule has 0 amide bonds. The van der Waals surface area contributed by atoms with Crippen molar-refractivity contribution in [1.82, 2.24) is 0 Å². The molecule has 0 heterocycles. The predicted octanol–water partition coefficient (Wildman–Crippen LogP) is -1.90. The fourth-order valence-electron chi connectivity index (χ4n) is 1.23. The minimum Gasteiger partial charge on any atom is -1.00 e. The fraction of sp³-hybridized carbons (Fsp3) is 0.143. The van der Waals surface area contributed by atoms with Crippen LogP contribution < -0.4 is 24.8 Å². The van der Waals surface area contributed by atoms with Gasteiger partial charge in [-0.3, -0.25) is 0 Å². The van der Waals surface area contributed by atoms with Gasteiger partial charge in [0.15, 0.2) is 0 Å². The molecular formula is C14H16Cl2O4S2Zr. The minimum atomic E-state index is 0. The van der Waals surface area contributed by atoms with Crippen LogP contribution in [0.5, 0.6) is 11.5 Å². The van der Waals surface area contributed by atoms with Crippen molar-refractivity contribution in [3.05, 3.63) is 48.5 Å². The second-order valence-electron chi connectivity index (χ2n) is 3.44. The van der Waals surface area contributed by atoms with Crippen molar-refractivity contribution in [2.24, 2.45) is 0 Å². The van der Waals surface area contributed by atoms with Crippen LogP contribution >= 0.6 is 24.1 Å². The standard InChI is InChI=1S/2C7H8O2S.2ClH.Zr/c2*1-9-10-7-5-3-2-4-6(7)8;;;/h2*2-5,8H,1H3;2*1H;/q;;;;+2/p-2. The molecule has 0 fully saturated rings. The molecule has 23 heavy (non-hydrogen) atoms. The quantitative estimate of drug-likeness (QED) is 0.505. The van der Waals surface area contributed by atoms with E-state index < -0.39 is 0 Å². The summed E-state index contributed by atoms with van der Waals surface area (Å²) in [4.78, 5) is 1.48. The van der Waals surface area contributed by atoms with Gasteiger partial charge in [0.25, 0.3) is 0 Å². The van der Waals surface area contributed by atoms with Gasteiger partial charge in [0.2, 0.25) is 0 Å². The molecule has 0 spiro atoms. The van der Waals surface area contributed by atoms with E-state index in [1.165, 1.54) is 0 Å². The SMILES string of the molecule is COSc1ccccc1O.COSc1ccccc1O.[Cl-].[Cl-].[Zr+2]. The first kappa shape index (κ1) is 27.9. The van der Waals surface area contributed by atoms with Gasteiger partial charge in [-0.25, -0.2) is 0 Å². The molecule has 0 saturated heterocycles. The summed E-state index contributed by atoms with van der Waals surface area (Å²) in [5.41, 5.74) is 0. The maximum absolute atomic E-state index is 9.14. The molecular weight excluding hydrogens is 458 g/mol. The van der Waals surface area contributed by atoms with Crippen LogP contribution in [-0.2, 0) is 34.6 Å². The number of halogens is 2. The van der Waals surface area contributed by atoms with E-state index in [2.05, 4.69) is 0 Å². The van der Waals surface area contributed by atoms with E-state index in [-0.39, 0.29) is 62.5 Å². The number of rotatable bonds is 4. The average molecular weight is 475 g/mol. The number of phenolic OH excluding ortho intramolecular Hbond substituents is 2. The predicted molar refractivity (Wildman–Crippen MR) is 81.9 cm³/mol. The normalized spacial score (nSPS) is 8.43. The van der Waals surface area contributed by atoms with E-state index in [0.29, 0.717) is 0 Å². The summed E-state index contributed by atoms with van der Waals surface area (Å²) >= 11 is 2.30. The molecule has 4 nitrogen and oxygen atoms in total. The van der Waals surface area contributed by atoms with Crippen LogP contribution in [0.25, 0.3) is 0 Å². The van der Waals surface area contributed by atoms with Crippen molar-refractivity contribution in [2.45, 2.75) is 9.79 Å². The van der Waals surface area contributed by atoms with E-state index in [1.54, 1.807) is 50.6 Å². The maximum atomic E-state index is 9.14. The zero-order valence-corrected chi connectivity index (χ0v) is 18.0. The minimum absolute atomic E-state index is 0. The molecule has 0 aromatic heterocycles. The van der Waals surface area contributed by atoms with Gasteiger partial charge in [0.05, 0.1) is 24.0 Å². The zero-order chi connectivity index (χ0) is 14.8. The molecule has 9 heteroatoms. The first-order valence-corrected chi connectivity index (χ1v) is 7.14. The van der Waals surface area contributed by atoms with Gasteiger partial charge in [0.1, 0.15) is 11.5 Å². The molecule has 2 aromatic carbocycles. The van der Waals surface area contributed by atoms with Crippen molar-refractivity contribution in [1.29, 1.82) is 0 Å². The zero-order valence-electron chi connectivity index (χ0n) is 12.4. The first-order valence-electron chi connectivity index (χ1n) is 5.66. The second-order valence-corrected chi connectivity index (χ2v) is 5.32. The Bertz CT molecular complexity index is 488. The summed E-state index contributed by atoms with van der Waals surface area (Å²) < 4.78 is 9.53. The maximum Gasteiger partial charge on any atom is 2.00 e. The number of benzene rings is 2. The molecule has 126 valence electrons. The summed E-state index contributed by atoms with van der Waals surface area (Å²) in [5, 5.41) is 18.3. The number of aromatic hydroxyl groups is 2. The Hall–Kier alpha value is 0.123. The summed E-state index contributed by atoms with van der Waals surface area (Å²) in [5.74, 6) is 0.517. The van der Waals surface area contributed by atoms with Crippen LogP contribution in [0.4, 0.5) is 0 Å². The van der Waals surface area contributed by atoms with E-state index in [0.717, 1.165) is 33.9 Å². The molecule has 2 aromatic rings. The van der Waals surface area contributed by atoms with E-state index in [4.69, 9.17) is 18.6 Å². The average Bonchev–Trinajstić information content (AvgIpc) is 2.45. The number of hydrogen-bond donors (Lipinski definition) is 2. The van der Waals surface area contributed by atoms with Gasteiger partial charge in [0, 0.05) is 24.1 Å². The van der Waals surface area contributed by atoms with Gasteiger partial charge in [-0.05, 0) is 24.3 Å².